The van der Waals surface area contributed by atoms with Gasteiger partial charge >= 0.3 is 6.09 Å². The number of benzene rings is 1. The first-order valence-electron chi connectivity index (χ1n) is 10.4. The lowest BCUT2D eigenvalue weighted by atomic mass is 10.1. The second kappa shape index (κ2) is 10.6. The molecule has 9 heteroatoms. The van der Waals surface area contributed by atoms with Crippen molar-refractivity contribution in [3.05, 3.63) is 41.3 Å². The maximum Gasteiger partial charge on any atom is 0.409 e. The third kappa shape index (κ3) is 6.40. The van der Waals surface area contributed by atoms with Gasteiger partial charge in [0, 0.05) is 35.5 Å². The number of hydrogen-bond acceptors (Lipinski definition) is 6. The Bertz CT molecular complexity index is 933. The molecule has 1 aliphatic heterocycles. The van der Waals surface area contributed by atoms with Crippen LogP contribution in [0.25, 0.3) is 11.5 Å². The summed E-state index contributed by atoms with van der Waals surface area (Å²) in [5.74, 6) is 0.908. The van der Waals surface area contributed by atoms with Crippen LogP contribution in [0.1, 0.15) is 36.8 Å². The van der Waals surface area contributed by atoms with Crippen molar-refractivity contribution in [1.29, 1.82) is 0 Å². The fraction of sp³-hybridized carbons (Fsp3) is 0.500. The Morgan fingerprint density at radius 2 is 1.90 bits per heavy atom. The van der Waals surface area contributed by atoms with Crippen molar-refractivity contribution in [2.45, 2.75) is 45.4 Å². The van der Waals surface area contributed by atoms with Crippen molar-refractivity contribution in [2.75, 3.05) is 25.4 Å². The standard InChI is InChI=1S/C22H29N3O5S/c1-4-29-22(27)25-11-9-18(10-12-25)23-20(26)14-31(28)13-19-16(3)30-21(24-19)17-7-5-15(2)6-8-17/h5-8,18H,4,9-14H2,1-3H3,(H,23,26)/t31-/m0/s1. The highest BCUT2D eigenvalue weighted by Gasteiger charge is 2.25. The number of hydrogen-bond donors (Lipinski definition) is 1. The Balaban J connectivity index is 1.47. The summed E-state index contributed by atoms with van der Waals surface area (Å²) in [4.78, 5) is 30.2. The molecular weight excluding hydrogens is 418 g/mol. The van der Waals surface area contributed by atoms with Crippen LogP contribution in [0.15, 0.2) is 28.7 Å². The molecule has 1 saturated heterocycles. The molecule has 0 radical (unpaired) electrons. The van der Waals surface area contributed by atoms with Crippen LogP contribution in [-0.4, -0.2) is 57.6 Å². The molecule has 2 aromatic rings. The largest absolute Gasteiger partial charge is 0.450 e. The second-order valence-corrected chi connectivity index (χ2v) is 9.10. The number of carbonyl (C=O) groups is 2. The summed E-state index contributed by atoms with van der Waals surface area (Å²) in [6, 6.07) is 7.80. The smallest absolute Gasteiger partial charge is 0.409 e. The number of amides is 2. The Morgan fingerprint density at radius 1 is 1.23 bits per heavy atom. The van der Waals surface area contributed by atoms with Crippen molar-refractivity contribution in [2.24, 2.45) is 0 Å². The molecule has 0 unspecified atom stereocenters. The first kappa shape index (κ1) is 23.0. The number of rotatable bonds is 7. The van der Waals surface area contributed by atoms with E-state index in [1.165, 1.54) is 0 Å². The minimum Gasteiger partial charge on any atom is -0.450 e. The predicted molar refractivity (Wildman–Crippen MR) is 118 cm³/mol. The predicted octanol–water partition coefficient (Wildman–Crippen LogP) is 2.94. The SMILES string of the molecule is CCOC(=O)N1CCC(NC(=O)C[S@@](=O)Cc2nc(-c3ccc(C)cc3)oc2C)CC1. The summed E-state index contributed by atoms with van der Waals surface area (Å²) in [5.41, 5.74) is 2.60. The number of ether oxygens (including phenoxy) is 1. The van der Waals surface area contributed by atoms with Gasteiger partial charge in [-0.1, -0.05) is 17.7 Å². The average Bonchev–Trinajstić information content (AvgIpc) is 3.09. The van der Waals surface area contributed by atoms with Crippen molar-refractivity contribution in [3.63, 3.8) is 0 Å². The fourth-order valence-corrected chi connectivity index (χ4v) is 4.47. The van der Waals surface area contributed by atoms with Gasteiger partial charge in [-0.3, -0.25) is 9.00 Å². The van der Waals surface area contributed by atoms with E-state index in [4.69, 9.17) is 9.15 Å². The summed E-state index contributed by atoms with van der Waals surface area (Å²) >= 11 is 0. The Hall–Kier alpha value is -2.68. The van der Waals surface area contributed by atoms with Crippen LogP contribution in [0.4, 0.5) is 4.79 Å². The molecule has 1 aliphatic rings. The van der Waals surface area contributed by atoms with Crippen LogP contribution >= 0.6 is 0 Å². The number of aryl methyl sites for hydroxylation is 2. The molecule has 3 rings (SSSR count). The van der Waals surface area contributed by atoms with Gasteiger partial charge in [0.2, 0.25) is 11.8 Å². The van der Waals surface area contributed by atoms with Crippen LogP contribution < -0.4 is 5.32 Å². The zero-order valence-corrected chi connectivity index (χ0v) is 19.0. The maximum atomic E-state index is 12.5. The number of piperidine rings is 1. The molecule has 1 aromatic heterocycles. The van der Waals surface area contributed by atoms with E-state index in [2.05, 4.69) is 10.3 Å². The van der Waals surface area contributed by atoms with E-state index in [-0.39, 0.29) is 29.5 Å². The normalized spacial score (nSPS) is 15.5. The molecule has 2 heterocycles. The lowest BCUT2D eigenvalue weighted by Gasteiger charge is -2.31. The third-order valence-electron chi connectivity index (χ3n) is 5.17. The number of nitrogens with zero attached hydrogens (tertiary/aromatic N) is 2. The Kier molecular flexibility index (Phi) is 7.84. The molecule has 0 saturated carbocycles. The minimum atomic E-state index is -1.40. The molecular formula is C22H29N3O5S. The first-order chi connectivity index (χ1) is 14.9. The van der Waals surface area contributed by atoms with Crippen LogP contribution in [0, 0.1) is 13.8 Å². The van der Waals surface area contributed by atoms with Gasteiger partial charge in [-0.25, -0.2) is 9.78 Å². The van der Waals surface area contributed by atoms with Gasteiger partial charge < -0.3 is 19.4 Å². The Labute approximate surface area is 184 Å². The molecule has 1 atom stereocenters. The van der Waals surface area contributed by atoms with Crippen molar-refractivity contribution in [1.82, 2.24) is 15.2 Å². The number of likely N-dealkylation sites (tertiary alicyclic amines) is 1. The summed E-state index contributed by atoms with van der Waals surface area (Å²) in [7, 11) is -1.40. The fourth-order valence-electron chi connectivity index (χ4n) is 3.42. The topological polar surface area (TPSA) is 102 Å². The van der Waals surface area contributed by atoms with Gasteiger partial charge in [-0.2, -0.15) is 0 Å². The van der Waals surface area contributed by atoms with Gasteiger partial charge in [0.05, 0.1) is 18.1 Å². The molecule has 0 aliphatic carbocycles. The van der Waals surface area contributed by atoms with Gasteiger partial charge in [-0.05, 0) is 45.7 Å². The number of oxazole rings is 1. The minimum absolute atomic E-state index is 0.0305. The highest BCUT2D eigenvalue weighted by molar-refractivity contribution is 7.84. The van der Waals surface area contributed by atoms with Crippen LogP contribution in [0.3, 0.4) is 0 Å². The summed E-state index contributed by atoms with van der Waals surface area (Å²) in [6.07, 6.45) is 0.986. The van der Waals surface area contributed by atoms with Crippen molar-refractivity contribution < 1.29 is 23.0 Å². The van der Waals surface area contributed by atoms with E-state index in [1.807, 2.05) is 31.2 Å². The molecule has 0 spiro atoms. The highest BCUT2D eigenvalue weighted by atomic mass is 32.2. The number of nitrogens with one attached hydrogen (secondary N) is 1. The molecule has 31 heavy (non-hydrogen) atoms. The number of aromatic nitrogens is 1. The monoisotopic (exact) mass is 447 g/mol. The van der Waals surface area contributed by atoms with Crippen molar-refractivity contribution >= 4 is 22.8 Å². The zero-order chi connectivity index (χ0) is 22.4. The van der Waals surface area contributed by atoms with E-state index in [1.54, 1.807) is 18.7 Å². The molecule has 0 bridgehead atoms. The van der Waals surface area contributed by atoms with Gasteiger partial charge in [0.1, 0.15) is 11.5 Å². The van der Waals surface area contributed by atoms with Crippen LogP contribution in [-0.2, 0) is 26.1 Å². The lowest BCUT2D eigenvalue weighted by Crippen LogP contribution is -2.47. The molecule has 168 valence electrons. The van der Waals surface area contributed by atoms with Crippen LogP contribution in [0.5, 0.6) is 0 Å². The summed E-state index contributed by atoms with van der Waals surface area (Å²) < 4.78 is 23.2. The number of carbonyl (C=O) groups excluding carboxylic acids is 2. The average molecular weight is 448 g/mol. The van der Waals surface area contributed by atoms with E-state index >= 15 is 0 Å². The van der Waals surface area contributed by atoms with E-state index < -0.39 is 10.8 Å². The first-order valence-corrected chi connectivity index (χ1v) is 11.9. The van der Waals surface area contributed by atoms with E-state index in [0.717, 1.165) is 11.1 Å². The highest BCUT2D eigenvalue weighted by Crippen LogP contribution is 2.23. The van der Waals surface area contributed by atoms with Gasteiger partial charge in [-0.15, -0.1) is 0 Å². The molecule has 1 fully saturated rings. The maximum absolute atomic E-state index is 12.5. The van der Waals surface area contributed by atoms with E-state index in [0.29, 0.717) is 49.9 Å². The molecule has 1 N–H and O–H groups in total. The van der Waals surface area contributed by atoms with E-state index in [9.17, 15) is 13.8 Å². The summed E-state index contributed by atoms with van der Waals surface area (Å²) in [5, 5.41) is 2.92. The third-order valence-corrected chi connectivity index (χ3v) is 6.35. The lowest BCUT2D eigenvalue weighted by molar-refractivity contribution is -0.119. The molecule has 8 nitrogen and oxygen atoms in total. The quantitative estimate of drug-likeness (QED) is 0.700. The van der Waals surface area contributed by atoms with Crippen molar-refractivity contribution in [3.8, 4) is 11.5 Å². The molecule has 2 amide bonds. The van der Waals surface area contributed by atoms with Crippen LogP contribution in [0.2, 0.25) is 0 Å². The molecule has 1 aromatic carbocycles. The Morgan fingerprint density at radius 3 is 2.55 bits per heavy atom. The van der Waals surface area contributed by atoms with Gasteiger partial charge in [0.25, 0.3) is 0 Å². The zero-order valence-electron chi connectivity index (χ0n) is 18.2. The van der Waals surface area contributed by atoms with Gasteiger partial charge in [0.15, 0.2) is 0 Å². The summed E-state index contributed by atoms with van der Waals surface area (Å²) in [6.45, 7) is 6.98. The second-order valence-electron chi connectivity index (χ2n) is 7.64.